The summed E-state index contributed by atoms with van der Waals surface area (Å²) >= 11 is 0. The predicted molar refractivity (Wildman–Crippen MR) is 237 cm³/mol. The number of carbonyl (C=O) groups is 6. The number of fused-ring (bicyclic) bond motifs is 5. The molecule has 6 fully saturated rings. The van der Waals surface area contributed by atoms with Gasteiger partial charge in [0.15, 0.2) is 5.65 Å². The molecule has 19 nitrogen and oxygen atoms in total. The van der Waals surface area contributed by atoms with E-state index in [4.69, 9.17) is 19.6 Å². The van der Waals surface area contributed by atoms with E-state index in [1.807, 2.05) is 46.2 Å². The number of amides is 6. The summed E-state index contributed by atoms with van der Waals surface area (Å²) in [4.78, 5) is 90.6. The van der Waals surface area contributed by atoms with Crippen LogP contribution >= 0.6 is 0 Å². The maximum atomic E-state index is 13.8. The SMILES string of the molecule is COc1cc2nn(C3CC4(CCN(C(=O)C5CCN(c6ccc7c(c6)C(=O)N(C6CCC(=O)NC6=O)C7=O)CC5)CC4)C3)cc2cc1NC(=O)c1cnn2ccc(N3C[C@H]4C[C@@H]3CO4)nc12. The van der Waals surface area contributed by atoms with E-state index >= 15 is 0 Å². The molecule has 2 N–H and O–H groups in total. The van der Waals surface area contributed by atoms with E-state index in [9.17, 15) is 28.8 Å². The molecule has 340 valence electrons. The maximum absolute atomic E-state index is 13.8. The summed E-state index contributed by atoms with van der Waals surface area (Å²) in [6.07, 6.45) is 12.0. The van der Waals surface area contributed by atoms with Gasteiger partial charge in [-0.25, -0.2) is 9.50 Å². The van der Waals surface area contributed by atoms with Gasteiger partial charge in [-0.2, -0.15) is 10.2 Å². The van der Waals surface area contributed by atoms with Crippen molar-refractivity contribution >= 4 is 69.2 Å². The molecule has 0 radical (unpaired) electrons. The number of nitrogens with zero attached hydrogens (tertiary/aromatic N) is 9. The van der Waals surface area contributed by atoms with Crippen LogP contribution in [0.2, 0.25) is 0 Å². The highest BCUT2D eigenvalue weighted by Crippen LogP contribution is 2.55. The van der Waals surface area contributed by atoms with Crippen molar-refractivity contribution in [3.63, 3.8) is 0 Å². The van der Waals surface area contributed by atoms with E-state index in [-0.39, 0.29) is 59.3 Å². The van der Waals surface area contributed by atoms with Gasteiger partial charge in [-0.15, -0.1) is 0 Å². The van der Waals surface area contributed by atoms with Gasteiger partial charge in [0.25, 0.3) is 17.7 Å². The zero-order valence-corrected chi connectivity index (χ0v) is 36.5. The van der Waals surface area contributed by atoms with E-state index in [1.54, 1.807) is 23.8 Å². The van der Waals surface area contributed by atoms with Crippen LogP contribution in [0.1, 0.15) is 94.9 Å². The molecule has 9 heterocycles. The molecule has 1 aliphatic carbocycles. The number of likely N-dealkylation sites (tertiary alicyclic amines) is 1. The number of aromatic nitrogens is 5. The normalized spacial score (nSPS) is 24.2. The Morgan fingerprint density at radius 3 is 2.48 bits per heavy atom. The Morgan fingerprint density at radius 2 is 1.74 bits per heavy atom. The van der Waals surface area contributed by atoms with Gasteiger partial charge < -0.3 is 29.5 Å². The number of carbonyl (C=O) groups excluding carboxylic acids is 6. The number of anilines is 3. The second kappa shape index (κ2) is 15.4. The van der Waals surface area contributed by atoms with Gasteiger partial charge in [0.2, 0.25) is 17.7 Å². The maximum Gasteiger partial charge on any atom is 0.262 e. The lowest BCUT2D eigenvalue weighted by molar-refractivity contribution is -0.140. The minimum atomic E-state index is -1.01. The highest BCUT2D eigenvalue weighted by Gasteiger charge is 2.49. The summed E-state index contributed by atoms with van der Waals surface area (Å²) in [5.41, 5.74) is 3.63. The third-order valence-corrected chi connectivity index (χ3v) is 15.4. The van der Waals surface area contributed by atoms with Crippen molar-refractivity contribution in [1.29, 1.82) is 0 Å². The Morgan fingerprint density at radius 1 is 0.939 bits per heavy atom. The zero-order chi connectivity index (χ0) is 45.0. The number of ether oxygens (including phenoxy) is 2. The number of imide groups is 2. The molecule has 5 aromatic rings. The minimum absolute atomic E-state index is 0.0680. The Labute approximate surface area is 378 Å². The van der Waals surface area contributed by atoms with Gasteiger partial charge in [0.05, 0.1) is 60.4 Å². The average Bonchev–Trinajstić information content (AvgIpc) is 4.17. The van der Waals surface area contributed by atoms with Crippen molar-refractivity contribution in [3.8, 4) is 5.75 Å². The van der Waals surface area contributed by atoms with Crippen molar-refractivity contribution in [2.45, 2.75) is 82.0 Å². The van der Waals surface area contributed by atoms with Crippen LogP contribution in [0.5, 0.6) is 5.75 Å². The van der Waals surface area contributed by atoms with E-state index in [1.165, 1.54) is 6.20 Å². The lowest BCUT2D eigenvalue weighted by Gasteiger charge is -2.52. The number of methoxy groups -OCH3 is 1. The zero-order valence-electron chi connectivity index (χ0n) is 36.5. The molecule has 5 saturated heterocycles. The van der Waals surface area contributed by atoms with Gasteiger partial charge in [-0.1, -0.05) is 0 Å². The van der Waals surface area contributed by atoms with Gasteiger partial charge >= 0.3 is 0 Å². The summed E-state index contributed by atoms with van der Waals surface area (Å²) in [5.74, 6) is -0.990. The molecular formula is C47H49N11O8. The molecule has 1 saturated carbocycles. The predicted octanol–water partition coefficient (Wildman–Crippen LogP) is 3.58. The topological polar surface area (TPSA) is 206 Å². The van der Waals surface area contributed by atoms with Gasteiger partial charge in [0, 0.05) is 74.6 Å². The summed E-state index contributed by atoms with van der Waals surface area (Å²) < 4.78 is 15.2. The summed E-state index contributed by atoms with van der Waals surface area (Å²) in [5, 5.41) is 15.5. The Kier molecular flexibility index (Phi) is 9.45. The van der Waals surface area contributed by atoms with Crippen molar-refractivity contribution in [3.05, 3.63) is 71.7 Å². The first-order valence-electron chi connectivity index (χ1n) is 23.0. The number of piperidine rings is 3. The lowest BCUT2D eigenvalue weighted by Crippen LogP contribution is -2.54. The van der Waals surface area contributed by atoms with Crippen LogP contribution < -0.4 is 25.2 Å². The Balaban J connectivity index is 0.644. The van der Waals surface area contributed by atoms with Crippen LogP contribution in [0.15, 0.2) is 55.0 Å². The molecule has 66 heavy (non-hydrogen) atoms. The molecule has 7 aliphatic rings. The minimum Gasteiger partial charge on any atom is -0.494 e. The van der Waals surface area contributed by atoms with Crippen LogP contribution in [-0.4, -0.2) is 134 Å². The van der Waals surface area contributed by atoms with E-state index < -0.39 is 29.7 Å². The highest BCUT2D eigenvalue weighted by molar-refractivity contribution is 6.23. The molecule has 1 unspecified atom stereocenters. The van der Waals surface area contributed by atoms with Gasteiger partial charge in [-0.3, -0.25) is 43.7 Å². The summed E-state index contributed by atoms with van der Waals surface area (Å²) in [6, 6.07) is 10.4. The largest absolute Gasteiger partial charge is 0.494 e. The highest BCUT2D eigenvalue weighted by atomic mass is 16.5. The molecule has 19 heteroatoms. The van der Waals surface area contributed by atoms with Crippen LogP contribution in [0, 0.1) is 11.3 Å². The van der Waals surface area contributed by atoms with Crippen LogP contribution in [0.25, 0.3) is 16.6 Å². The van der Waals surface area contributed by atoms with Crippen molar-refractivity contribution in [2.75, 3.05) is 61.6 Å². The van der Waals surface area contributed by atoms with E-state index in [0.717, 1.165) is 79.0 Å². The van der Waals surface area contributed by atoms with Crippen molar-refractivity contribution < 1.29 is 38.2 Å². The molecule has 6 amide bonds. The van der Waals surface area contributed by atoms with E-state index in [2.05, 4.69) is 25.5 Å². The second-order valence-corrected chi connectivity index (χ2v) is 19.1. The molecule has 3 atom stereocenters. The Bertz CT molecular complexity index is 2890. The first-order chi connectivity index (χ1) is 32.0. The van der Waals surface area contributed by atoms with Crippen LogP contribution in [0.4, 0.5) is 17.2 Å². The summed E-state index contributed by atoms with van der Waals surface area (Å²) in [7, 11) is 1.58. The van der Waals surface area contributed by atoms with E-state index in [0.29, 0.717) is 61.2 Å². The van der Waals surface area contributed by atoms with Gasteiger partial charge in [-0.05, 0) is 87.1 Å². The third-order valence-electron chi connectivity index (χ3n) is 15.4. The first-order valence-corrected chi connectivity index (χ1v) is 23.0. The number of nitrogens with one attached hydrogen (secondary N) is 2. The number of morpholine rings is 1. The second-order valence-electron chi connectivity index (χ2n) is 19.1. The summed E-state index contributed by atoms with van der Waals surface area (Å²) in [6.45, 7) is 4.22. The quantitative estimate of drug-likeness (QED) is 0.214. The first kappa shape index (κ1) is 40.6. The van der Waals surface area contributed by atoms with Crippen LogP contribution in [0.3, 0.4) is 0 Å². The Hall–Kier alpha value is -6.89. The smallest absolute Gasteiger partial charge is 0.262 e. The fraction of sp³-hybridized carbons (Fsp3) is 0.468. The fourth-order valence-corrected chi connectivity index (χ4v) is 11.6. The molecule has 3 aromatic heterocycles. The third kappa shape index (κ3) is 6.68. The van der Waals surface area contributed by atoms with Crippen molar-refractivity contribution in [2.24, 2.45) is 11.3 Å². The van der Waals surface area contributed by atoms with Crippen LogP contribution in [-0.2, 0) is 19.1 Å². The lowest BCUT2D eigenvalue weighted by atomic mass is 9.60. The number of benzene rings is 2. The molecule has 12 rings (SSSR count). The van der Waals surface area contributed by atoms with Gasteiger partial charge in [0.1, 0.15) is 23.2 Å². The molecular weight excluding hydrogens is 847 g/mol. The monoisotopic (exact) mass is 895 g/mol. The molecule has 2 aromatic carbocycles. The average molecular weight is 896 g/mol. The standard InChI is InChI=1S/C47H49N11O8/c1-65-38-19-35-27(16-36(38)49-42(60)34-22-48-56-13-8-39(50-41(34)56)55-24-31-17-29(55)25-66-31)23-57(52-35)30-20-47(21-30)9-14-54(15-10-47)44(62)26-6-11-53(12-7-26)28-2-3-32-33(18-28)46(64)58(45(32)63)37-4-5-40(59)51-43(37)61/h2-3,8,13,16,18-19,22-23,26,29-31,37H,4-7,9-12,14-15,17,20-21,24-25H2,1H3,(H,49,60)(H,51,59,61)/t29-,31-,37?/m1/s1. The number of hydrogen-bond acceptors (Lipinski definition) is 13. The number of rotatable bonds is 8. The molecule has 1 spiro atoms. The molecule has 2 bridgehead atoms. The fourth-order valence-electron chi connectivity index (χ4n) is 11.6. The van der Waals surface area contributed by atoms with Crippen molar-refractivity contribution in [1.82, 2.24) is 39.5 Å². The molecule has 6 aliphatic heterocycles. The number of hydrogen-bond donors (Lipinski definition) is 2.